The first-order chi connectivity index (χ1) is 8.70. The van der Waals surface area contributed by atoms with Gasteiger partial charge in [-0.3, -0.25) is 4.79 Å². The highest BCUT2D eigenvalue weighted by Gasteiger charge is 2.28. The molecule has 1 amide bonds. The number of aromatic hydroxyl groups is 1. The lowest BCUT2D eigenvalue weighted by molar-refractivity contribution is 0.0938. The van der Waals surface area contributed by atoms with Crippen molar-refractivity contribution in [3.63, 3.8) is 0 Å². The summed E-state index contributed by atoms with van der Waals surface area (Å²) >= 11 is 1.93. The number of benzene rings is 1. The maximum atomic E-state index is 12.1. The second-order valence-electron chi connectivity index (χ2n) is 4.55. The van der Waals surface area contributed by atoms with Crippen LogP contribution in [0.4, 0.5) is 0 Å². The summed E-state index contributed by atoms with van der Waals surface area (Å²) in [5, 5.41) is 12.9. The maximum absolute atomic E-state index is 12.1. The molecule has 0 bridgehead atoms. The number of rotatable bonds is 4. The molecule has 1 aliphatic carbocycles. The summed E-state index contributed by atoms with van der Waals surface area (Å²) in [6.45, 7) is 2.15. The van der Waals surface area contributed by atoms with Crippen LogP contribution < -0.4 is 5.32 Å². The predicted molar refractivity (Wildman–Crippen MR) is 75.1 cm³/mol. The zero-order valence-corrected chi connectivity index (χ0v) is 11.4. The number of carbonyl (C=O) groups is 1. The van der Waals surface area contributed by atoms with E-state index in [1.807, 2.05) is 11.8 Å². The van der Waals surface area contributed by atoms with Crippen LogP contribution in [0.1, 0.15) is 36.5 Å². The van der Waals surface area contributed by atoms with Gasteiger partial charge in [-0.2, -0.15) is 11.8 Å². The highest BCUT2D eigenvalue weighted by atomic mass is 32.2. The van der Waals surface area contributed by atoms with Crippen molar-refractivity contribution in [1.82, 2.24) is 5.32 Å². The number of amides is 1. The Kier molecular flexibility index (Phi) is 4.53. The summed E-state index contributed by atoms with van der Waals surface area (Å²) in [7, 11) is 0. The van der Waals surface area contributed by atoms with E-state index in [4.69, 9.17) is 0 Å². The van der Waals surface area contributed by atoms with Gasteiger partial charge in [0.05, 0.1) is 0 Å². The monoisotopic (exact) mass is 265 g/mol. The fourth-order valence-electron chi connectivity index (χ4n) is 2.37. The van der Waals surface area contributed by atoms with Gasteiger partial charge in [0.2, 0.25) is 0 Å². The Labute approximate surface area is 112 Å². The first kappa shape index (κ1) is 13.3. The van der Waals surface area contributed by atoms with Crippen LogP contribution in [0.2, 0.25) is 0 Å². The molecule has 2 N–H and O–H groups in total. The Balaban J connectivity index is 1.96. The van der Waals surface area contributed by atoms with Gasteiger partial charge in [0, 0.05) is 16.9 Å². The molecule has 98 valence electrons. The molecular weight excluding hydrogens is 246 g/mol. The van der Waals surface area contributed by atoms with Crippen molar-refractivity contribution in [2.45, 2.75) is 37.5 Å². The van der Waals surface area contributed by atoms with Gasteiger partial charge in [-0.05, 0) is 42.9 Å². The van der Waals surface area contributed by atoms with Crippen LogP contribution in [-0.4, -0.2) is 28.1 Å². The summed E-state index contributed by atoms with van der Waals surface area (Å²) < 4.78 is 0. The summed E-state index contributed by atoms with van der Waals surface area (Å²) in [5.41, 5.74) is 0.611. The van der Waals surface area contributed by atoms with E-state index in [-0.39, 0.29) is 17.7 Å². The standard InChI is InChI=1S/C14H19NO2S/c1-2-18-13-5-3-4-12(13)15-14(17)10-6-8-11(16)9-7-10/h6-9,12-13,16H,2-5H2,1H3,(H,15,17). The van der Waals surface area contributed by atoms with Gasteiger partial charge in [-0.1, -0.05) is 13.3 Å². The van der Waals surface area contributed by atoms with E-state index >= 15 is 0 Å². The minimum absolute atomic E-state index is 0.0383. The molecule has 1 aromatic rings. The number of phenols is 1. The molecule has 1 aliphatic rings. The number of nitrogens with one attached hydrogen (secondary N) is 1. The second kappa shape index (κ2) is 6.14. The number of carbonyl (C=O) groups excluding carboxylic acids is 1. The van der Waals surface area contributed by atoms with Gasteiger partial charge in [-0.15, -0.1) is 0 Å². The molecular formula is C14H19NO2S. The summed E-state index contributed by atoms with van der Waals surface area (Å²) in [4.78, 5) is 12.1. The molecule has 1 aromatic carbocycles. The third kappa shape index (κ3) is 3.19. The lowest BCUT2D eigenvalue weighted by Gasteiger charge is -2.20. The fourth-order valence-corrected chi connectivity index (χ4v) is 3.57. The van der Waals surface area contributed by atoms with Gasteiger partial charge < -0.3 is 10.4 Å². The molecule has 0 aromatic heterocycles. The summed E-state index contributed by atoms with van der Waals surface area (Å²) in [6, 6.07) is 6.68. The molecule has 0 spiro atoms. The van der Waals surface area contributed by atoms with Crippen molar-refractivity contribution in [3.05, 3.63) is 29.8 Å². The summed E-state index contributed by atoms with van der Waals surface area (Å²) in [6.07, 6.45) is 3.46. The van der Waals surface area contributed by atoms with E-state index in [0.29, 0.717) is 10.8 Å². The van der Waals surface area contributed by atoms with Crippen molar-refractivity contribution >= 4 is 17.7 Å². The van der Waals surface area contributed by atoms with Crippen LogP contribution >= 0.6 is 11.8 Å². The molecule has 0 heterocycles. The number of hydrogen-bond donors (Lipinski definition) is 2. The normalized spacial score (nSPS) is 22.9. The van der Waals surface area contributed by atoms with Crippen molar-refractivity contribution in [2.24, 2.45) is 0 Å². The maximum Gasteiger partial charge on any atom is 0.251 e. The average molecular weight is 265 g/mol. The minimum atomic E-state index is -0.0383. The number of phenolic OH excluding ortho intramolecular Hbond substituents is 1. The van der Waals surface area contributed by atoms with Crippen molar-refractivity contribution in [2.75, 3.05) is 5.75 Å². The van der Waals surface area contributed by atoms with Crippen LogP contribution in [0.5, 0.6) is 5.75 Å². The molecule has 0 aliphatic heterocycles. The van der Waals surface area contributed by atoms with Crippen molar-refractivity contribution in [3.8, 4) is 5.75 Å². The van der Waals surface area contributed by atoms with E-state index in [2.05, 4.69) is 12.2 Å². The highest BCUT2D eigenvalue weighted by molar-refractivity contribution is 7.99. The van der Waals surface area contributed by atoms with Gasteiger partial charge in [0.1, 0.15) is 5.75 Å². The van der Waals surface area contributed by atoms with Crippen LogP contribution in [0.15, 0.2) is 24.3 Å². The largest absolute Gasteiger partial charge is 0.508 e. The second-order valence-corrected chi connectivity index (χ2v) is 6.07. The van der Waals surface area contributed by atoms with E-state index < -0.39 is 0 Å². The Hall–Kier alpha value is -1.16. The molecule has 1 fully saturated rings. The van der Waals surface area contributed by atoms with E-state index in [1.165, 1.54) is 12.8 Å². The molecule has 1 saturated carbocycles. The Morgan fingerprint density at radius 3 is 2.78 bits per heavy atom. The van der Waals surface area contributed by atoms with Crippen LogP contribution in [-0.2, 0) is 0 Å². The quantitative estimate of drug-likeness (QED) is 0.880. The van der Waals surface area contributed by atoms with Crippen LogP contribution in [0, 0.1) is 0 Å². The van der Waals surface area contributed by atoms with E-state index in [0.717, 1.165) is 12.2 Å². The Morgan fingerprint density at radius 2 is 2.11 bits per heavy atom. The Bertz CT molecular complexity index is 405. The van der Waals surface area contributed by atoms with Gasteiger partial charge in [0.15, 0.2) is 0 Å². The lowest BCUT2D eigenvalue weighted by atomic mass is 10.1. The van der Waals surface area contributed by atoms with Crippen LogP contribution in [0.25, 0.3) is 0 Å². The smallest absolute Gasteiger partial charge is 0.251 e. The fraction of sp³-hybridized carbons (Fsp3) is 0.500. The van der Waals surface area contributed by atoms with E-state index in [1.54, 1.807) is 24.3 Å². The number of hydrogen-bond acceptors (Lipinski definition) is 3. The van der Waals surface area contributed by atoms with Crippen molar-refractivity contribution in [1.29, 1.82) is 0 Å². The van der Waals surface area contributed by atoms with Gasteiger partial charge in [0.25, 0.3) is 5.91 Å². The first-order valence-corrected chi connectivity index (χ1v) is 7.47. The highest BCUT2D eigenvalue weighted by Crippen LogP contribution is 2.30. The predicted octanol–water partition coefficient (Wildman–Crippen LogP) is 2.80. The van der Waals surface area contributed by atoms with Gasteiger partial charge >= 0.3 is 0 Å². The molecule has 2 unspecified atom stereocenters. The zero-order chi connectivity index (χ0) is 13.0. The molecule has 2 rings (SSSR count). The zero-order valence-electron chi connectivity index (χ0n) is 10.6. The molecule has 0 saturated heterocycles. The summed E-state index contributed by atoms with van der Waals surface area (Å²) in [5.74, 6) is 1.24. The SMILES string of the molecule is CCSC1CCCC1NC(=O)c1ccc(O)cc1. The molecule has 18 heavy (non-hydrogen) atoms. The molecule has 4 heteroatoms. The average Bonchev–Trinajstić information content (AvgIpc) is 2.78. The third-order valence-corrected chi connectivity index (χ3v) is 4.61. The number of thioether (sulfide) groups is 1. The lowest BCUT2D eigenvalue weighted by Crippen LogP contribution is -2.38. The topological polar surface area (TPSA) is 49.3 Å². The van der Waals surface area contributed by atoms with E-state index in [9.17, 15) is 9.90 Å². The Morgan fingerprint density at radius 1 is 1.39 bits per heavy atom. The first-order valence-electron chi connectivity index (χ1n) is 6.42. The van der Waals surface area contributed by atoms with Gasteiger partial charge in [-0.25, -0.2) is 0 Å². The third-order valence-electron chi connectivity index (χ3n) is 3.28. The molecule has 2 atom stereocenters. The molecule has 0 radical (unpaired) electrons. The molecule has 3 nitrogen and oxygen atoms in total. The van der Waals surface area contributed by atoms with Crippen molar-refractivity contribution < 1.29 is 9.90 Å². The van der Waals surface area contributed by atoms with Crippen LogP contribution in [0.3, 0.4) is 0 Å². The minimum Gasteiger partial charge on any atom is -0.508 e.